The number of hydrogen-bond donors (Lipinski definition) is 1. The van der Waals surface area contributed by atoms with Crippen molar-refractivity contribution >= 4 is 0 Å². The van der Waals surface area contributed by atoms with Crippen LogP contribution >= 0.6 is 0 Å². The molecular weight excluding hydrogens is 160 g/mol. The predicted octanol–water partition coefficient (Wildman–Crippen LogP) is 1.72. The van der Waals surface area contributed by atoms with Crippen molar-refractivity contribution in [2.75, 3.05) is 26.2 Å². The summed E-state index contributed by atoms with van der Waals surface area (Å²) in [6.07, 6.45) is 2.82. The molecule has 1 aliphatic rings. The number of likely N-dealkylation sites (tertiary alicyclic amines) is 1. The Hall–Kier alpha value is -0.0800. The van der Waals surface area contributed by atoms with Crippen LogP contribution in [0.2, 0.25) is 0 Å². The Kier molecular flexibility index (Phi) is 4.74. The number of rotatable bonds is 4. The Morgan fingerprint density at radius 1 is 1.46 bits per heavy atom. The van der Waals surface area contributed by atoms with E-state index in [1.165, 1.54) is 32.5 Å². The summed E-state index contributed by atoms with van der Waals surface area (Å²) in [5.74, 6) is 0.910. The molecule has 1 aliphatic heterocycles. The maximum absolute atomic E-state index is 3.47. The lowest BCUT2D eigenvalue weighted by molar-refractivity contribution is 0.183. The van der Waals surface area contributed by atoms with Gasteiger partial charge in [-0.25, -0.2) is 0 Å². The number of hydrogen-bond acceptors (Lipinski definition) is 2. The lowest BCUT2D eigenvalue weighted by atomic mass is 10.0. The fraction of sp³-hybridized carbons (Fsp3) is 1.00. The zero-order valence-electron chi connectivity index (χ0n) is 9.34. The molecule has 0 spiro atoms. The van der Waals surface area contributed by atoms with Crippen LogP contribution in [0.4, 0.5) is 0 Å². The Labute approximate surface area is 82.7 Å². The molecule has 0 amide bonds. The van der Waals surface area contributed by atoms with Crippen molar-refractivity contribution in [2.24, 2.45) is 5.92 Å². The topological polar surface area (TPSA) is 15.3 Å². The average molecular weight is 184 g/mol. The van der Waals surface area contributed by atoms with Gasteiger partial charge in [-0.15, -0.1) is 0 Å². The first-order valence-electron chi connectivity index (χ1n) is 5.64. The van der Waals surface area contributed by atoms with Gasteiger partial charge in [0.15, 0.2) is 0 Å². The smallest absolute Gasteiger partial charge is 0.0107 e. The second kappa shape index (κ2) is 5.61. The molecular formula is C11H24N2. The Bertz CT molecular complexity index is 134. The third kappa shape index (κ3) is 4.63. The van der Waals surface area contributed by atoms with Gasteiger partial charge in [-0.2, -0.15) is 0 Å². The molecule has 0 aliphatic carbocycles. The third-order valence-electron chi connectivity index (χ3n) is 2.72. The summed E-state index contributed by atoms with van der Waals surface area (Å²) >= 11 is 0. The van der Waals surface area contributed by atoms with Crippen LogP contribution < -0.4 is 5.32 Å². The van der Waals surface area contributed by atoms with E-state index >= 15 is 0 Å². The number of nitrogens with one attached hydrogen (secondary N) is 1. The molecule has 13 heavy (non-hydrogen) atoms. The molecule has 1 fully saturated rings. The van der Waals surface area contributed by atoms with Crippen LogP contribution in [-0.2, 0) is 0 Å². The Morgan fingerprint density at radius 2 is 2.23 bits per heavy atom. The van der Waals surface area contributed by atoms with Crippen LogP contribution in [0.5, 0.6) is 0 Å². The van der Waals surface area contributed by atoms with Crippen molar-refractivity contribution in [3.63, 3.8) is 0 Å². The second-order valence-electron chi connectivity index (χ2n) is 4.66. The molecule has 2 nitrogen and oxygen atoms in total. The molecule has 0 saturated carbocycles. The maximum Gasteiger partial charge on any atom is 0.0107 e. The quantitative estimate of drug-likeness (QED) is 0.715. The molecule has 2 heteroatoms. The second-order valence-corrected chi connectivity index (χ2v) is 4.66. The molecule has 0 aromatic rings. The van der Waals surface area contributed by atoms with Crippen LogP contribution in [0.1, 0.15) is 33.6 Å². The van der Waals surface area contributed by atoms with Crippen molar-refractivity contribution in [3.8, 4) is 0 Å². The van der Waals surface area contributed by atoms with Gasteiger partial charge in [-0.1, -0.05) is 20.8 Å². The fourth-order valence-electron chi connectivity index (χ4n) is 2.00. The molecule has 1 heterocycles. The van der Waals surface area contributed by atoms with E-state index < -0.39 is 0 Å². The van der Waals surface area contributed by atoms with Crippen molar-refractivity contribution in [3.05, 3.63) is 0 Å². The summed E-state index contributed by atoms with van der Waals surface area (Å²) in [5.41, 5.74) is 0. The minimum atomic E-state index is 0.627. The van der Waals surface area contributed by atoms with Crippen LogP contribution in [0.25, 0.3) is 0 Å². The first-order valence-corrected chi connectivity index (χ1v) is 5.64. The lowest BCUT2D eigenvalue weighted by Gasteiger charge is -2.31. The largest absolute Gasteiger partial charge is 0.313 e. The molecule has 0 unspecified atom stereocenters. The molecule has 1 saturated heterocycles. The molecule has 78 valence electrons. The monoisotopic (exact) mass is 184 g/mol. The van der Waals surface area contributed by atoms with Gasteiger partial charge in [0.1, 0.15) is 0 Å². The molecule has 1 rings (SSSR count). The highest BCUT2D eigenvalue weighted by atomic mass is 15.1. The highest BCUT2D eigenvalue weighted by Gasteiger charge is 2.15. The van der Waals surface area contributed by atoms with Gasteiger partial charge in [0.2, 0.25) is 0 Å². The van der Waals surface area contributed by atoms with Crippen LogP contribution in [0.3, 0.4) is 0 Å². The summed E-state index contributed by atoms with van der Waals surface area (Å²) in [6, 6.07) is 0.627. The summed E-state index contributed by atoms with van der Waals surface area (Å²) in [7, 11) is 0. The first-order chi connectivity index (χ1) is 6.18. The van der Waals surface area contributed by atoms with E-state index in [-0.39, 0.29) is 0 Å². The maximum atomic E-state index is 3.47. The van der Waals surface area contributed by atoms with E-state index in [2.05, 4.69) is 31.0 Å². The zero-order chi connectivity index (χ0) is 9.68. The van der Waals surface area contributed by atoms with Gasteiger partial charge in [0.05, 0.1) is 0 Å². The van der Waals surface area contributed by atoms with Crippen LogP contribution in [-0.4, -0.2) is 37.1 Å². The molecule has 0 aromatic heterocycles. The van der Waals surface area contributed by atoms with E-state index in [0.29, 0.717) is 6.04 Å². The summed E-state index contributed by atoms with van der Waals surface area (Å²) < 4.78 is 0. The molecule has 0 bridgehead atoms. The van der Waals surface area contributed by atoms with E-state index in [0.717, 1.165) is 12.5 Å². The number of nitrogens with zero attached hydrogens (tertiary/aromatic N) is 1. The summed E-state index contributed by atoms with van der Waals surface area (Å²) in [5, 5.41) is 3.47. The highest BCUT2D eigenvalue weighted by Crippen LogP contribution is 2.14. The minimum absolute atomic E-state index is 0.627. The molecule has 0 aromatic carbocycles. The predicted molar refractivity (Wildman–Crippen MR) is 58.0 cm³/mol. The normalized spacial score (nSPS) is 25.4. The standard InChI is InChI=1S/C11H24N2/c1-10(2)12-6-8-13-7-4-5-11(3)9-13/h10-12H,4-9H2,1-3H3/t11-/m1/s1. The van der Waals surface area contributed by atoms with Gasteiger partial charge in [0.25, 0.3) is 0 Å². The van der Waals surface area contributed by atoms with Crippen LogP contribution in [0, 0.1) is 5.92 Å². The molecule has 0 radical (unpaired) electrons. The van der Waals surface area contributed by atoms with Gasteiger partial charge in [0, 0.05) is 25.7 Å². The van der Waals surface area contributed by atoms with Crippen molar-refractivity contribution in [2.45, 2.75) is 39.7 Å². The Morgan fingerprint density at radius 3 is 2.85 bits per heavy atom. The van der Waals surface area contributed by atoms with Crippen molar-refractivity contribution in [1.82, 2.24) is 10.2 Å². The average Bonchev–Trinajstić information content (AvgIpc) is 2.03. The molecule has 1 N–H and O–H groups in total. The van der Waals surface area contributed by atoms with Gasteiger partial charge in [-0.3, -0.25) is 0 Å². The lowest BCUT2D eigenvalue weighted by Crippen LogP contribution is -2.40. The third-order valence-corrected chi connectivity index (χ3v) is 2.72. The van der Waals surface area contributed by atoms with Crippen molar-refractivity contribution in [1.29, 1.82) is 0 Å². The van der Waals surface area contributed by atoms with E-state index in [9.17, 15) is 0 Å². The fourth-order valence-corrected chi connectivity index (χ4v) is 2.00. The van der Waals surface area contributed by atoms with E-state index in [1.807, 2.05) is 0 Å². The molecule has 1 atom stereocenters. The first kappa shape index (κ1) is 11.0. The Balaban J connectivity index is 2.06. The SMILES string of the molecule is CC(C)NCCN1CCC[C@@H](C)C1. The number of piperidine rings is 1. The van der Waals surface area contributed by atoms with Crippen LogP contribution in [0.15, 0.2) is 0 Å². The summed E-state index contributed by atoms with van der Waals surface area (Å²) in [4.78, 5) is 2.59. The highest BCUT2D eigenvalue weighted by molar-refractivity contribution is 4.70. The van der Waals surface area contributed by atoms with Crippen molar-refractivity contribution < 1.29 is 0 Å². The van der Waals surface area contributed by atoms with Gasteiger partial charge >= 0.3 is 0 Å². The van der Waals surface area contributed by atoms with E-state index in [4.69, 9.17) is 0 Å². The van der Waals surface area contributed by atoms with Gasteiger partial charge in [-0.05, 0) is 25.3 Å². The van der Waals surface area contributed by atoms with E-state index in [1.54, 1.807) is 0 Å². The van der Waals surface area contributed by atoms with Gasteiger partial charge < -0.3 is 10.2 Å². The minimum Gasteiger partial charge on any atom is -0.313 e. The summed E-state index contributed by atoms with van der Waals surface area (Å²) in [6.45, 7) is 11.8. The zero-order valence-corrected chi connectivity index (χ0v) is 9.34.